The van der Waals surface area contributed by atoms with E-state index in [-0.39, 0.29) is 0 Å². The van der Waals surface area contributed by atoms with Crippen LogP contribution in [0.15, 0.2) is 0 Å². The first kappa shape index (κ1) is 12.4. The van der Waals surface area contributed by atoms with Gasteiger partial charge < -0.3 is 5.32 Å². The van der Waals surface area contributed by atoms with Crippen LogP contribution >= 0.6 is 0 Å². The molecular formula is C11H16F3N3. The van der Waals surface area contributed by atoms with Crippen molar-refractivity contribution in [3.05, 3.63) is 17.0 Å². The van der Waals surface area contributed by atoms with E-state index in [1.54, 1.807) is 13.8 Å². The maximum Gasteiger partial charge on any atom is 0.408 e. The molecule has 1 aliphatic rings. The molecule has 17 heavy (non-hydrogen) atoms. The SMILES string of the molecule is Cc1nn(CC(F)(F)F)c(C)c1CNC1CC1. The number of aryl methyl sites for hydroxylation is 1. The quantitative estimate of drug-likeness (QED) is 0.884. The molecule has 0 unspecified atom stereocenters. The summed E-state index contributed by atoms with van der Waals surface area (Å²) in [6.45, 7) is 3.04. The van der Waals surface area contributed by atoms with Gasteiger partial charge in [0.25, 0.3) is 0 Å². The summed E-state index contributed by atoms with van der Waals surface area (Å²) in [5.74, 6) is 0. The Balaban J connectivity index is 2.09. The number of aromatic nitrogens is 2. The van der Waals surface area contributed by atoms with Gasteiger partial charge in [0.05, 0.1) is 5.69 Å². The van der Waals surface area contributed by atoms with Crippen molar-refractivity contribution in [3.8, 4) is 0 Å². The van der Waals surface area contributed by atoms with E-state index in [0.29, 0.717) is 24.0 Å². The Morgan fingerprint density at radius 2 is 2.00 bits per heavy atom. The largest absolute Gasteiger partial charge is 0.408 e. The van der Waals surface area contributed by atoms with Gasteiger partial charge in [-0.3, -0.25) is 4.68 Å². The molecule has 0 aliphatic heterocycles. The number of alkyl halides is 3. The molecule has 1 aromatic heterocycles. The third-order valence-corrected chi connectivity index (χ3v) is 3.01. The average molecular weight is 247 g/mol. The molecule has 0 aromatic carbocycles. The van der Waals surface area contributed by atoms with Gasteiger partial charge in [-0.2, -0.15) is 18.3 Å². The van der Waals surface area contributed by atoms with Crippen LogP contribution in [0.1, 0.15) is 29.8 Å². The molecule has 0 bridgehead atoms. The highest BCUT2D eigenvalue weighted by Crippen LogP contribution is 2.23. The van der Waals surface area contributed by atoms with E-state index in [1.165, 1.54) is 0 Å². The van der Waals surface area contributed by atoms with E-state index in [2.05, 4.69) is 10.4 Å². The fraction of sp³-hybridized carbons (Fsp3) is 0.727. The van der Waals surface area contributed by atoms with Gasteiger partial charge in [0.2, 0.25) is 0 Å². The molecule has 3 nitrogen and oxygen atoms in total. The Hall–Kier alpha value is -1.04. The van der Waals surface area contributed by atoms with Crippen LogP contribution in [0.2, 0.25) is 0 Å². The van der Waals surface area contributed by atoms with Crippen LogP contribution in [0.25, 0.3) is 0 Å². The Labute approximate surface area is 98.0 Å². The molecule has 2 rings (SSSR count). The predicted molar refractivity (Wildman–Crippen MR) is 57.6 cm³/mol. The third-order valence-electron chi connectivity index (χ3n) is 3.01. The van der Waals surface area contributed by atoms with Gasteiger partial charge in [0.1, 0.15) is 6.54 Å². The lowest BCUT2D eigenvalue weighted by Crippen LogP contribution is -2.20. The summed E-state index contributed by atoms with van der Waals surface area (Å²) in [7, 11) is 0. The number of rotatable bonds is 4. The van der Waals surface area contributed by atoms with Gasteiger partial charge in [0, 0.05) is 23.8 Å². The summed E-state index contributed by atoms with van der Waals surface area (Å²) in [5, 5.41) is 7.25. The van der Waals surface area contributed by atoms with Crippen molar-refractivity contribution < 1.29 is 13.2 Å². The minimum Gasteiger partial charge on any atom is -0.310 e. The van der Waals surface area contributed by atoms with E-state index in [1.807, 2.05) is 0 Å². The maximum atomic E-state index is 12.3. The molecule has 1 aliphatic carbocycles. The Morgan fingerprint density at radius 1 is 1.35 bits per heavy atom. The molecule has 1 fully saturated rings. The maximum absolute atomic E-state index is 12.3. The van der Waals surface area contributed by atoms with Gasteiger partial charge in [-0.25, -0.2) is 0 Å². The summed E-state index contributed by atoms with van der Waals surface area (Å²) in [5.41, 5.74) is 2.18. The molecule has 1 aromatic rings. The van der Waals surface area contributed by atoms with Crippen molar-refractivity contribution in [3.63, 3.8) is 0 Å². The van der Waals surface area contributed by atoms with Gasteiger partial charge in [0.15, 0.2) is 0 Å². The number of hydrogen-bond donors (Lipinski definition) is 1. The molecule has 0 radical (unpaired) electrons. The van der Waals surface area contributed by atoms with E-state index < -0.39 is 12.7 Å². The number of nitrogens with zero attached hydrogens (tertiary/aromatic N) is 2. The van der Waals surface area contributed by atoms with Gasteiger partial charge in [-0.15, -0.1) is 0 Å². The van der Waals surface area contributed by atoms with Crippen molar-refractivity contribution in [2.75, 3.05) is 0 Å². The monoisotopic (exact) mass is 247 g/mol. The second-order valence-electron chi connectivity index (χ2n) is 4.58. The topological polar surface area (TPSA) is 29.9 Å². The molecule has 0 atom stereocenters. The Morgan fingerprint density at radius 3 is 2.53 bits per heavy atom. The van der Waals surface area contributed by atoms with Crippen LogP contribution in [0, 0.1) is 13.8 Å². The number of hydrogen-bond acceptors (Lipinski definition) is 2. The van der Waals surface area contributed by atoms with Crippen molar-refractivity contribution in [2.45, 2.75) is 52.0 Å². The highest BCUT2D eigenvalue weighted by Gasteiger charge is 2.30. The fourth-order valence-electron chi connectivity index (χ4n) is 1.85. The first-order chi connectivity index (χ1) is 7.87. The first-order valence-corrected chi connectivity index (χ1v) is 5.70. The molecule has 0 spiro atoms. The molecular weight excluding hydrogens is 231 g/mol. The van der Waals surface area contributed by atoms with Crippen LogP contribution in [-0.4, -0.2) is 22.0 Å². The second-order valence-corrected chi connectivity index (χ2v) is 4.58. The summed E-state index contributed by atoms with van der Waals surface area (Å²) < 4.78 is 38.0. The molecule has 96 valence electrons. The Bertz CT molecular complexity index is 405. The van der Waals surface area contributed by atoms with E-state index in [4.69, 9.17) is 0 Å². The van der Waals surface area contributed by atoms with Gasteiger partial charge in [-0.1, -0.05) is 0 Å². The van der Waals surface area contributed by atoms with Gasteiger partial charge >= 0.3 is 6.18 Å². The molecule has 6 heteroatoms. The zero-order valence-electron chi connectivity index (χ0n) is 9.93. The van der Waals surface area contributed by atoms with Gasteiger partial charge in [-0.05, 0) is 26.7 Å². The predicted octanol–water partition coefficient (Wildman–Crippen LogP) is 2.31. The van der Waals surface area contributed by atoms with Crippen LogP contribution in [0.5, 0.6) is 0 Å². The van der Waals surface area contributed by atoms with Crippen molar-refractivity contribution in [2.24, 2.45) is 0 Å². The molecule has 1 saturated carbocycles. The van der Waals surface area contributed by atoms with Crippen LogP contribution in [-0.2, 0) is 13.1 Å². The molecule has 1 heterocycles. The Kier molecular flexibility index (Phi) is 3.16. The normalized spacial score (nSPS) is 16.5. The summed E-state index contributed by atoms with van der Waals surface area (Å²) in [4.78, 5) is 0. The molecule has 0 amide bonds. The number of nitrogens with one attached hydrogen (secondary N) is 1. The van der Waals surface area contributed by atoms with E-state index in [9.17, 15) is 13.2 Å². The first-order valence-electron chi connectivity index (χ1n) is 5.70. The van der Waals surface area contributed by atoms with Crippen molar-refractivity contribution >= 4 is 0 Å². The smallest absolute Gasteiger partial charge is 0.310 e. The summed E-state index contributed by atoms with van der Waals surface area (Å²) in [6, 6.07) is 0.541. The summed E-state index contributed by atoms with van der Waals surface area (Å²) >= 11 is 0. The lowest BCUT2D eigenvalue weighted by Gasteiger charge is -2.08. The van der Waals surface area contributed by atoms with E-state index >= 15 is 0 Å². The zero-order chi connectivity index (χ0) is 12.6. The standard InChI is InChI=1S/C11H16F3N3/c1-7-10(5-15-9-3-4-9)8(2)17(16-7)6-11(12,13)14/h9,15H,3-6H2,1-2H3. The lowest BCUT2D eigenvalue weighted by atomic mass is 10.2. The minimum atomic E-state index is -4.22. The minimum absolute atomic E-state index is 0.541. The van der Waals surface area contributed by atoms with Crippen LogP contribution < -0.4 is 5.32 Å². The fourth-order valence-corrected chi connectivity index (χ4v) is 1.85. The van der Waals surface area contributed by atoms with Crippen LogP contribution in [0.3, 0.4) is 0 Å². The van der Waals surface area contributed by atoms with Crippen molar-refractivity contribution in [1.29, 1.82) is 0 Å². The average Bonchev–Trinajstić information content (AvgIpc) is 2.94. The van der Waals surface area contributed by atoms with E-state index in [0.717, 1.165) is 23.1 Å². The highest BCUT2D eigenvalue weighted by atomic mass is 19.4. The highest BCUT2D eigenvalue weighted by molar-refractivity contribution is 5.24. The second kappa shape index (κ2) is 4.33. The van der Waals surface area contributed by atoms with Crippen LogP contribution in [0.4, 0.5) is 13.2 Å². The third kappa shape index (κ3) is 3.21. The van der Waals surface area contributed by atoms with Crippen molar-refractivity contribution in [1.82, 2.24) is 15.1 Å². The zero-order valence-corrected chi connectivity index (χ0v) is 9.93. The summed E-state index contributed by atoms with van der Waals surface area (Å²) in [6.07, 6.45) is -1.89. The molecule has 0 saturated heterocycles. The molecule has 1 N–H and O–H groups in total. The lowest BCUT2D eigenvalue weighted by molar-refractivity contribution is -0.142. The number of halogens is 3.